The Morgan fingerprint density at radius 3 is 2.67 bits per heavy atom. The van der Waals surface area contributed by atoms with Gasteiger partial charge in [-0.1, -0.05) is 37.3 Å². The lowest BCUT2D eigenvalue weighted by molar-refractivity contribution is 0.115. The first-order valence-corrected chi connectivity index (χ1v) is 8.75. The highest BCUT2D eigenvalue weighted by Crippen LogP contribution is 2.28. The van der Waals surface area contributed by atoms with E-state index in [2.05, 4.69) is 59.5 Å². The number of guanidine groups is 1. The van der Waals surface area contributed by atoms with Crippen LogP contribution in [0, 0.1) is 5.92 Å². The van der Waals surface area contributed by atoms with Crippen LogP contribution in [0.5, 0.6) is 0 Å². The molecule has 0 heterocycles. The Morgan fingerprint density at radius 2 is 2.04 bits per heavy atom. The number of benzene rings is 1. The van der Waals surface area contributed by atoms with E-state index in [1.54, 1.807) is 0 Å². The van der Waals surface area contributed by atoms with Crippen molar-refractivity contribution in [3.8, 4) is 0 Å². The number of ether oxygens (including phenoxy) is 1. The van der Waals surface area contributed by atoms with Crippen LogP contribution in [0.2, 0.25) is 0 Å². The summed E-state index contributed by atoms with van der Waals surface area (Å²) >= 11 is 0. The monoisotopic (exact) mass is 445 g/mol. The van der Waals surface area contributed by atoms with Gasteiger partial charge < -0.3 is 15.0 Å². The maximum Gasteiger partial charge on any atom is 0.193 e. The van der Waals surface area contributed by atoms with E-state index in [9.17, 15) is 0 Å². The molecule has 4 nitrogen and oxygen atoms in total. The molecule has 1 atom stereocenters. The Balaban J connectivity index is 0.00000288. The maximum absolute atomic E-state index is 5.70. The van der Waals surface area contributed by atoms with Crippen molar-refractivity contribution in [2.75, 3.05) is 40.4 Å². The molecule has 1 unspecified atom stereocenters. The van der Waals surface area contributed by atoms with Gasteiger partial charge in [-0.2, -0.15) is 0 Å². The van der Waals surface area contributed by atoms with Crippen LogP contribution in [0.4, 0.5) is 0 Å². The molecule has 0 aliphatic heterocycles. The molecule has 1 N–H and O–H groups in total. The Labute approximate surface area is 164 Å². The van der Waals surface area contributed by atoms with Crippen LogP contribution in [0.1, 0.15) is 37.7 Å². The van der Waals surface area contributed by atoms with Gasteiger partial charge in [0.2, 0.25) is 0 Å². The molecule has 1 aromatic rings. The summed E-state index contributed by atoms with van der Waals surface area (Å²) < 4.78 is 5.70. The first-order valence-electron chi connectivity index (χ1n) is 8.75. The fraction of sp³-hybridized carbons (Fsp3) is 0.632. The molecule has 2 rings (SSSR count). The number of hydrogen-bond donors (Lipinski definition) is 1. The van der Waals surface area contributed by atoms with E-state index in [4.69, 9.17) is 4.74 Å². The summed E-state index contributed by atoms with van der Waals surface area (Å²) in [7, 11) is 3.90. The van der Waals surface area contributed by atoms with E-state index in [0.717, 1.165) is 44.6 Å². The molecule has 0 spiro atoms. The van der Waals surface area contributed by atoms with E-state index in [-0.39, 0.29) is 24.0 Å². The summed E-state index contributed by atoms with van der Waals surface area (Å²) in [6.07, 6.45) is 3.78. The Hall–Kier alpha value is -0.820. The minimum atomic E-state index is 0. The average Bonchev–Trinajstić information content (AvgIpc) is 3.40. The van der Waals surface area contributed by atoms with Crippen molar-refractivity contribution >= 4 is 29.9 Å². The van der Waals surface area contributed by atoms with Gasteiger partial charge in [0.1, 0.15) is 0 Å². The average molecular weight is 445 g/mol. The van der Waals surface area contributed by atoms with Gasteiger partial charge in [-0.3, -0.25) is 4.99 Å². The van der Waals surface area contributed by atoms with Gasteiger partial charge in [-0.15, -0.1) is 24.0 Å². The van der Waals surface area contributed by atoms with E-state index in [0.29, 0.717) is 5.92 Å². The smallest absolute Gasteiger partial charge is 0.193 e. The zero-order valence-corrected chi connectivity index (χ0v) is 17.5. The van der Waals surface area contributed by atoms with Crippen LogP contribution in [0.3, 0.4) is 0 Å². The molecule has 0 aromatic heterocycles. The van der Waals surface area contributed by atoms with Gasteiger partial charge in [0.15, 0.2) is 5.96 Å². The van der Waals surface area contributed by atoms with Crippen molar-refractivity contribution < 1.29 is 4.74 Å². The third-order valence-electron chi connectivity index (χ3n) is 4.42. The minimum absolute atomic E-state index is 0. The Kier molecular flexibility index (Phi) is 10.3. The third-order valence-corrected chi connectivity index (χ3v) is 4.42. The van der Waals surface area contributed by atoms with Crippen molar-refractivity contribution in [2.24, 2.45) is 10.9 Å². The highest BCUT2D eigenvalue weighted by atomic mass is 127. The molecular formula is C19H32IN3O. The van der Waals surface area contributed by atoms with Crippen LogP contribution in [0.15, 0.2) is 35.3 Å². The minimum Gasteiger partial charge on any atom is -0.379 e. The number of nitrogens with zero attached hydrogens (tertiary/aromatic N) is 2. The highest BCUT2D eigenvalue weighted by molar-refractivity contribution is 14.0. The standard InChI is InChI=1S/C19H31N3O.HI/c1-16(18-7-5-4-6-8-18)11-12-21-19(20-2)22(3)13-14-23-15-17-9-10-17;/h4-8,16-17H,9-15H2,1-3H3,(H,20,21);1H. The number of halogens is 1. The molecule has 0 saturated heterocycles. The third kappa shape index (κ3) is 7.83. The van der Waals surface area contributed by atoms with Gasteiger partial charge in [0.25, 0.3) is 0 Å². The normalized spacial score (nSPS) is 15.5. The molecule has 1 aliphatic carbocycles. The number of nitrogens with one attached hydrogen (secondary N) is 1. The number of hydrogen-bond acceptors (Lipinski definition) is 2. The van der Waals surface area contributed by atoms with Crippen molar-refractivity contribution in [2.45, 2.75) is 32.1 Å². The predicted octanol–water partition coefficient (Wildman–Crippen LogP) is 3.73. The molecule has 1 aromatic carbocycles. The molecular weight excluding hydrogens is 413 g/mol. The lowest BCUT2D eigenvalue weighted by Crippen LogP contribution is -2.41. The van der Waals surface area contributed by atoms with E-state index in [1.807, 2.05) is 7.05 Å². The molecule has 1 saturated carbocycles. The van der Waals surface area contributed by atoms with Gasteiger partial charge in [-0.25, -0.2) is 0 Å². The molecule has 0 radical (unpaired) electrons. The molecule has 5 heteroatoms. The summed E-state index contributed by atoms with van der Waals surface area (Å²) in [6, 6.07) is 10.7. The Bertz CT molecular complexity index is 477. The lowest BCUT2D eigenvalue weighted by Gasteiger charge is -2.22. The molecule has 1 aliphatic rings. The maximum atomic E-state index is 5.70. The van der Waals surface area contributed by atoms with Crippen molar-refractivity contribution in [1.29, 1.82) is 0 Å². The first kappa shape index (κ1) is 21.2. The largest absolute Gasteiger partial charge is 0.379 e. The van der Waals surface area contributed by atoms with Gasteiger partial charge in [-0.05, 0) is 36.7 Å². The first-order chi connectivity index (χ1) is 11.2. The van der Waals surface area contributed by atoms with Gasteiger partial charge in [0, 0.05) is 33.8 Å². The quantitative estimate of drug-likeness (QED) is 0.273. The van der Waals surface area contributed by atoms with Crippen LogP contribution < -0.4 is 5.32 Å². The fourth-order valence-corrected chi connectivity index (χ4v) is 2.58. The summed E-state index contributed by atoms with van der Waals surface area (Å²) in [4.78, 5) is 6.50. The summed E-state index contributed by atoms with van der Waals surface area (Å²) in [6.45, 7) is 5.77. The lowest BCUT2D eigenvalue weighted by atomic mass is 9.98. The van der Waals surface area contributed by atoms with Crippen LogP contribution in [0.25, 0.3) is 0 Å². The van der Waals surface area contributed by atoms with Crippen molar-refractivity contribution in [3.63, 3.8) is 0 Å². The SMILES string of the molecule is CN=C(NCCC(C)c1ccccc1)N(C)CCOCC1CC1.I. The summed E-state index contributed by atoms with van der Waals surface area (Å²) in [5.74, 6) is 2.33. The van der Waals surface area contributed by atoms with E-state index < -0.39 is 0 Å². The van der Waals surface area contributed by atoms with Gasteiger partial charge >= 0.3 is 0 Å². The van der Waals surface area contributed by atoms with E-state index in [1.165, 1.54) is 18.4 Å². The van der Waals surface area contributed by atoms with Crippen LogP contribution in [-0.4, -0.2) is 51.3 Å². The van der Waals surface area contributed by atoms with Crippen molar-refractivity contribution in [1.82, 2.24) is 10.2 Å². The van der Waals surface area contributed by atoms with Gasteiger partial charge in [0.05, 0.1) is 6.61 Å². The second-order valence-corrected chi connectivity index (χ2v) is 6.51. The summed E-state index contributed by atoms with van der Waals surface area (Å²) in [5.41, 5.74) is 1.39. The number of rotatable bonds is 9. The molecule has 0 bridgehead atoms. The number of aliphatic imine (C=N–C) groups is 1. The molecule has 24 heavy (non-hydrogen) atoms. The zero-order chi connectivity index (χ0) is 16.5. The summed E-state index contributed by atoms with van der Waals surface area (Å²) in [5, 5.41) is 3.45. The molecule has 1 fully saturated rings. The number of likely N-dealkylation sites (N-methyl/N-ethyl adjacent to an activating group) is 1. The Morgan fingerprint density at radius 1 is 1.33 bits per heavy atom. The molecule has 0 amide bonds. The molecule has 136 valence electrons. The highest BCUT2D eigenvalue weighted by Gasteiger charge is 2.21. The topological polar surface area (TPSA) is 36.9 Å². The second-order valence-electron chi connectivity index (χ2n) is 6.51. The van der Waals surface area contributed by atoms with Crippen LogP contribution >= 0.6 is 24.0 Å². The predicted molar refractivity (Wildman–Crippen MR) is 112 cm³/mol. The zero-order valence-electron chi connectivity index (χ0n) is 15.2. The fourth-order valence-electron chi connectivity index (χ4n) is 2.58. The van der Waals surface area contributed by atoms with Crippen LogP contribution in [-0.2, 0) is 4.74 Å². The van der Waals surface area contributed by atoms with E-state index >= 15 is 0 Å². The van der Waals surface area contributed by atoms with Crippen molar-refractivity contribution in [3.05, 3.63) is 35.9 Å². The second kappa shape index (κ2) is 11.7.